The van der Waals surface area contributed by atoms with E-state index in [0.29, 0.717) is 37.9 Å². The molecule has 0 bridgehead atoms. The van der Waals surface area contributed by atoms with E-state index in [1.807, 2.05) is 0 Å². The first kappa shape index (κ1) is 17.9. The van der Waals surface area contributed by atoms with Gasteiger partial charge in [-0.05, 0) is 42.5 Å². The lowest BCUT2D eigenvalue weighted by Gasteiger charge is -2.09. The van der Waals surface area contributed by atoms with E-state index in [4.69, 9.17) is 40.5 Å². The maximum absolute atomic E-state index is 13.6. The molecule has 2 N–H and O–H groups in total. The van der Waals surface area contributed by atoms with Crippen molar-refractivity contribution in [2.75, 3.05) is 5.73 Å². The number of pyridine rings is 1. The number of hydrogen-bond donors (Lipinski definition) is 1. The van der Waals surface area contributed by atoms with E-state index < -0.39 is 0 Å². The fourth-order valence-corrected chi connectivity index (χ4v) is 3.25. The highest BCUT2D eigenvalue weighted by Gasteiger charge is 2.13. The average molecular weight is 420 g/mol. The summed E-state index contributed by atoms with van der Waals surface area (Å²) in [5.74, 6) is -0.305. The van der Waals surface area contributed by atoms with Gasteiger partial charge < -0.3 is 5.73 Å². The highest BCUT2D eigenvalue weighted by molar-refractivity contribution is 6.42. The second kappa shape index (κ2) is 6.93. The summed E-state index contributed by atoms with van der Waals surface area (Å²) in [6.07, 6.45) is 0. The maximum atomic E-state index is 13.6. The Labute approximate surface area is 168 Å². The zero-order valence-corrected chi connectivity index (χ0v) is 15.8. The predicted octanol–water partition coefficient (Wildman–Crippen LogP) is 6.04. The largest absolute Gasteiger partial charge is 0.368 e. The van der Waals surface area contributed by atoms with E-state index >= 15 is 0 Å². The van der Waals surface area contributed by atoms with Crippen molar-refractivity contribution in [2.45, 2.75) is 0 Å². The van der Waals surface area contributed by atoms with Gasteiger partial charge in [0.15, 0.2) is 0 Å². The number of fused-ring (bicyclic) bond motifs is 1. The third kappa shape index (κ3) is 3.54. The van der Waals surface area contributed by atoms with Gasteiger partial charge in [-0.15, -0.1) is 0 Å². The highest BCUT2D eigenvalue weighted by atomic mass is 35.5. The van der Waals surface area contributed by atoms with Crippen LogP contribution in [0.1, 0.15) is 0 Å². The standard InChI is InChI=1S/C19H10Cl3FN4/c20-13-3-1-9(7-14(13)21)16-8-17(27-19(24)26-16)12-6-10-5-11(23)2-4-15(10)25-18(12)22/h1-8H,(H2,24,26,27). The van der Waals surface area contributed by atoms with Crippen molar-refractivity contribution in [1.29, 1.82) is 0 Å². The molecule has 4 rings (SSSR count). The lowest BCUT2D eigenvalue weighted by Crippen LogP contribution is -1.99. The van der Waals surface area contributed by atoms with E-state index in [1.165, 1.54) is 12.1 Å². The van der Waals surface area contributed by atoms with Crippen LogP contribution in [0.2, 0.25) is 15.2 Å². The van der Waals surface area contributed by atoms with E-state index in [-0.39, 0.29) is 16.9 Å². The maximum Gasteiger partial charge on any atom is 0.221 e. The average Bonchev–Trinajstić information content (AvgIpc) is 2.63. The van der Waals surface area contributed by atoms with Gasteiger partial charge >= 0.3 is 0 Å². The van der Waals surface area contributed by atoms with Gasteiger partial charge in [-0.1, -0.05) is 40.9 Å². The number of aromatic nitrogens is 3. The molecule has 0 aliphatic rings. The van der Waals surface area contributed by atoms with Crippen LogP contribution in [0.3, 0.4) is 0 Å². The van der Waals surface area contributed by atoms with E-state index in [1.54, 1.807) is 36.4 Å². The summed E-state index contributed by atoms with van der Waals surface area (Å²) < 4.78 is 13.6. The van der Waals surface area contributed by atoms with Crippen LogP contribution in [-0.4, -0.2) is 15.0 Å². The smallest absolute Gasteiger partial charge is 0.221 e. The molecule has 2 heterocycles. The van der Waals surface area contributed by atoms with E-state index in [2.05, 4.69) is 15.0 Å². The van der Waals surface area contributed by atoms with Gasteiger partial charge in [0, 0.05) is 16.5 Å². The van der Waals surface area contributed by atoms with Crippen LogP contribution < -0.4 is 5.73 Å². The van der Waals surface area contributed by atoms with Crippen molar-refractivity contribution in [3.05, 3.63) is 69.5 Å². The van der Waals surface area contributed by atoms with Crippen LogP contribution in [0.25, 0.3) is 33.4 Å². The summed E-state index contributed by atoms with van der Waals surface area (Å²) in [5, 5.41) is 1.66. The Morgan fingerprint density at radius 3 is 2.33 bits per heavy atom. The Morgan fingerprint density at radius 1 is 0.778 bits per heavy atom. The van der Waals surface area contributed by atoms with Gasteiger partial charge in [-0.3, -0.25) is 0 Å². The number of rotatable bonds is 2. The number of nitrogen functional groups attached to an aromatic ring is 1. The SMILES string of the molecule is Nc1nc(-c2ccc(Cl)c(Cl)c2)cc(-c2cc3cc(F)ccc3nc2Cl)n1. The number of nitrogens with zero attached hydrogens (tertiary/aromatic N) is 3. The van der Waals surface area contributed by atoms with Gasteiger partial charge in [0.25, 0.3) is 0 Å². The zero-order valence-electron chi connectivity index (χ0n) is 13.5. The van der Waals surface area contributed by atoms with Crippen molar-refractivity contribution in [1.82, 2.24) is 15.0 Å². The van der Waals surface area contributed by atoms with Crippen LogP contribution >= 0.6 is 34.8 Å². The summed E-state index contributed by atoms with van der Waals surface area (Å²) in [5.41, 5.74) is 8.71. The second-order valence-corrected chi connectivity index (χ2v) is 6.96. The van der Waals surface area contributed by atoms with Crippen molar-refractivity contribution in [3.63, 3.8) is 0 Å². The molecular formula is C19H10Cl3FN4. The molecule has 0 aliphatic carbocycles. The topological polar surface area (TPSA) is 64.7 Å². The van der Waals surface area contributed by atoms with Gasteiger partial charge in [0.1, 0.15) is 11.0 Å². The highest BCUT2D eigenvalue weighted by Crippen LogP contribution is 2.33. The molecule has 0 amide bonds. The molecule has 0 fully saturated rings. The summed E-state index contributed by atoms with van der Waals surface area (Å²) >= 11 is 18.4. The Hall–Kier alpha value is -2.47. The lowest BCUT2D eigenvalue weighted by atomic mass is 10.1. The minimum Gasteiger partial charge on any atom is -0.368 e. The molecule has 8 heteroatoms. The molecule has 0 atom stereocenters. The number of benzene rings is 2. The fourth-order valence-electron chi connectivity index (χ4n) is 2.71. The van der Waals surface area contributed by atoms with Crippen LogP contribution in [0.4, 0.5) is 10.3 Å². The lowest BCUT2D eigenvalue weighted by molar-refractivity contribution is 0.629. The molecule has 2 aromatic heterocycles. The third-order valence-electron chi connectivity index (χ3n) is 3.97. The molecule has 0 unspecified atom stereocenters. The second-order valence-electron chi connectivity index (χ2n) is 5.79. The van der Waals surface area contributed by atoms with Crippen LogP contribution in [0.5, 0.6) is 0 Å². The quantitative estimate of drug-likeness (QED) is 0.402. The first-order chi connectivity index (χ1) is 12.9. The Kier molecular flexibility index (Phi) is 4.60. The minimum atomic E-state index is -0.365. The molecule has 134 valence electrons. The molecule has 4 aromatic rings. The van der Waals surface area contributed by atoms with Crippen molar-refractivity contribution < 1.29 is 4.39 Å². The Balaban J connectivity index is 1.89. The van der Waals surface area contributed by atoms with Gasteiger partial charge in [-0.2, -0.15) is 0 Å². The predicted molar refractivity (Wildman–Crippen MR) is 108 cm³/mol. The van der Waals surface area contributed by atoms with Crippen molar-refractivity contribution in [2.24, 2.45) is 0 Å². The van der Waals surface area contributed by atoms with Gasteiger partial charge in [-0.25, -0.2) is 19.3 Å². The van der Waals surface area contributed by atoms with E-state index in [9.17, 15) is 4.39 Å². The van der Waals surface area contributed by atoms with E-state index in [0.717, 1.165) is 5.56 Å². The van der Waals surface area contributed by atoms with Gasteiger partial charge in [0.05, 0.1) is 26.9 Å². The molecule has 0 aliphatic heterocycles. The first-order valence-electron chi connectivity index (χ1n) is 7.77. The minimum absolute atomic E-state index is 0.0592. The fraction of sp³-hybridized carbons (Fsp3) is 0. The monoisotopic (exact) mass is 418 g/mol. The molecular weight excluding hydrogens is 410 g/mol. The molecule has 4 nitrogen and oxygen atoms in total. The van der Waals surface area contributed by atoms with Crippen molar-refractivity contribution in [3.8, 4) is 22.5 Å². The number of anilines is 1. The third-order valence-corrected chi connectivity index (χ3v) is 4.99. The summed E-state index contributed by atoms with van der Waals surface area (Å²) in [7, 11) is 0. The number of hydrogen-bond acceptors (Lipinski definition) is 4. The first-order valence-corrected chi connectivity index (χ1v) is 8.90. The number of nitrogens with two attached hydrogens (primary N) is 1. The van der Waals surface area contributed by atoms with Crippen LogP contribution in [0, 0.1) is 5.82 Å². The Bertz CT molecular complexity index is 1200. The van der Waals surface area contributed by atoms with Crippen LogP contribution in [-0.2, 0) is 0 Å². The van der Waals surface area contributed by atoms with Crippen LogP contribution in [0.15, 0.2) is 48.5 Å². The molecule has 0 saturated carbocycles. The zero-order chi connectivity index (χ0) is 19.1. The molecule has 27 heavy (non-hydrogen) atoms. The normalized spacial score (nSPS) is 11.1. The molecule has 0 radical (unpaired) electrons. The Morgan fingerprint density at radius 2 is 1.56 bits per heavy atom. The summed E-state index contributed by atoms with van der Waals surface area (Å²) in [4.78, 5) is 12.8. The molecule has 0 spiro atoms. The van der Waals surface area contributed by atoms with Crippen molar-refractivity contribution >= 4 is 51.7 Å². The van der Waals surface area contributed by atoms with Gasteiger partial charge in [0.2, 0.25) is 5.95 Å². The molecule has 0 saturated heterocycles. The number of halogens is 4. The molecule has 2 aromatic carbocycles. The summed E-state index contributed by atoms with van der Waals surface area (Å²) in [6.45, 7) is 0. The summed E-state index contributed by atoms with van der Waals surface area (Å²) in [6, 6.07) is 12.8.